The Hall–Kier alpha value is -4.65. The van der Waals surface area contributed by atoms with E-state index in [9.17, 15) is 4.39 Å². The van der Waals surface area contributed by atoms with Gasteiger partial charge in [0, 0.05) is 68.9 Å². The molecule has 3 aromatic heterocycles. The van der Waals surface area contributed by atoms with Gasteiger partial charge in [0.25, 0.3) is 0 Å². The summed E-state index contributed by atoms with van der Waals surface area (Å²) in [5.74, 6) is -0.196. The number of H-pyrrole nitrogens is 1. The summed E-state index contributed by atoms with van der Waals surface area (Å²) in [7, 11) is 3.74. The third-order valence-corrected chi connectivity index (χ3v) is 7.63. The molecule has 5 aromatic rings. The second-order valence-corrected chi connectivity index (χ2v) is 10.9. The Bertz CT molecular complexity index is 1740. The lowest BCUT2D eigenvalue weighted by molar-refractivity contribution is 0.144. The minimum atomic E-state index is -0.601. The van der Waals surface area contributed by atoms with E-state index in [0.717, 1.165) is 38.4 Å². The average Bonchev–Trinajstić information content (AvgIpc) is 3.46. The van der Waals surface area contributed by atoms with Gasteiger partial charge in [0.2, 0.25) is 17.8 Å². The van der Waals surface area contributed by atoms with Gasteiger partial charge in [-0.3, -0.25) is 4.90 Å². The number of fused-ring (bicyclic) bond motifs is 1. The molecule has 0 spiro atoms. The first-order valence-electron chi connectivity index (χ1n) is 14.8. The highest BCUT2D eigenvalue weighted by molar-refractivity contribution is 5.98. The maximum absolute atomic E-state index is 15.4. The summed E-state index contributed by atoms with van der Waals surface area (Å²) in [4.78, 5) is 21.0. The quantitative estimate of drug-likeness (QED) is 0.141. The molecule has 1 fully saturated rings. The Morgan fingerprint density at radius 2 is 1.71 bits per heavy atom. The van der Waals surface area contributed by atoms with Crippen LogP contribution in [0, 0.1) is 11.8 Å². The Kier molecular flexibility index (Phi) is 9.44. The first kappa shape index (κ1) is 30.4. The van der Waals surface area contributed by atoms with Crippen LogP contribution < -0.4 is 14.8 Å². The topological polar surface area (TPSA) is 101 Å². The lowest BCUT2D eigenvalue weighted by atomic mass is 10.1. The number of likely N-dealkylation sites (N-methyl/N-ethyl adjacent to an activating group) is 1. The van der Waals surface area contributed by atoms with Crippen LogP contribution in [-0.4, -0.2) is 83.3 Å². The third-order valence-electron chi connectivity index (χ3n) is 7.63. The molecular weight excluding hydrogens is 580 g/mol. The predicted octanol–water partition coefficient (Wildman–Crippen LogP) is 5.39. The van der Waals surface area contributed by atoms with Crippen LogP contribution in [-0.2, 0) is 17.9 Å². The molecular formula is C33H35F2N7O3. The number of nitrogens with zero attached hydrogens (tertiary/aromatic N) is 5. The van der Waals surface area contributed by atoms with Crippen molar-refractivity contribution in [2.24, 2.45) is 0 Å². The van der Waals surface area contributed by atoms with Crippen LogP contribution in [0.3, 0.4) is 0 Å². The second kappa shape index (κ2) is 14.0. The van der Waals surface area contributed by atoms with Crippen LogP contribution in [0.2, 0.25) is 0 Å². The smallest absolute Gasteiger partial charge is 0.232 e. The number of aromatic nitrogens is 4. The minimum absolute atomic E-state index is 0.00369. The number of nitrogens with one attached hydrogen (secondary N) is 2. The van der Waals surface area contributed by atoms with Crippen molar-refractivity contribution in [3.05, 3.63) is 89.9 Å². The van der Waals surface area contributed by atoms with Gasteiger partial charge in [-0.15, -0.1) is 0 Å². The van der Waals surface area contributed by atoms with Crippen molar-refractivity contribution in [3.8, 4) is 22.8 Å². The number of hydrogen-bond donors (Lipinski definition) is 2. The molecule has 45 heavy (non-hydrogen) atoms. The molecule has 10 nitrogen and oxygen atoms in total. The summed E-state index contributed by atoms with van der Waals surface area (Å²) < 4.78 is 45.6. The van der Waals surface area contributed by atoms with E-state index in [1.165, 1.54) is 17.7 Å². The van der Waals surface area contributed by atoms with E-state index in [0.29, 0.717) is 46.3 Å². The third kappa shape index (κ3) is 7.54. The lowest BCUT2D eigenvalue weighted by Crippen LogP contribution is -2.43. The maximum atomic E-state index is 15.4. The van der Waals surface area contributed by atoms with E-state index in [-0.39, 0.29) is 19.0 Å². The van der Waals surface area contributed by atoms with Gasteiger partial charge in [0.1, 0.15) is 30.4 Å². The van der Waals surface area contributed by atoms with Gasteiger partial charge in [0.15, 0.2) is 0 Å². The molecule has 0 aliphatic carbocycles. The molecule has 0 unspecified atom stereocenters. The summed E-state index contributed by atoms with van der Waals surface area (Å²) in [6.45, 7) is 5.79. The molecule has 0 atom stereocenters. The van der Waals surface area contributed by atoms with Crippen LogP contribution >= 0.6 is 0 Å². The number of piperazine rings is 1. The predicted molar refractivity (Wildman–Crippen MR) is 168 cm³/mol. The van der Waals surface area contributed by atoms with Gasteiger partial charge in [-0.2, -0.15) is 14.4 Å². The van der Waals surface area contributed by atoms with Crippen LogP contribution in [0.25, 0.3) is 22.2 Å². The first-order chi connectivity index (χ1) is 21.9. The van der Waals surface area contributed by atoms with Gasteiger partial charge < -0.3 is 29.4 Å². The number of anilines is 2. The van der Waals surface area contributed by atoms with Crippen LogP contribution in [0.15, 0.2) is 66.9 Å². The van der Waals surface area contributed by atoms with E-state index < -0.39 is 11.8 Å². The fourth-order valence-electron chi connectivity index (χ4n) is 5.17. The van der Waals surface area contributed by atoms with Crippen molar-refractivity contribution in [1.29, 1.82) is 0 Å². The highest BCUT2D eigenvalue weighted by Gasteiger charge is 2.20. The zero-order chi connectivity index (χ0) is 31.2. The molecule has 0 amide bonds. The van der Waals surface area contributed by atoms with E-state index >= 15 is 4.39 Å². The number of rotatable bonds is 12. The van der Waals surface area contributed by atoms with Crippen molar-refractivity contribution >= 4 is 22.7 Å². The molecule has 12 heteroatoms. The van der Waals surface area contributed by atoms with Crippen LogP contribution in [0.5, 0.6) is 11.6 Å². The van der Waals surface area contributed by atoms with E-state index in [4.69, 9.17) is 14.2 Å². The van der Waals surface area contributed by atoms with Crippen LogP contribution in [0.1, 0.15) is 11.3 Å². The Balaban J connectivity index is 1.21. The highest BCUT2D eigenvalue weighted by atomic mass is 19.1. The number of benzene rings is 2. The Morgan fingerprint density at radius 3 is 2.47 bits per heavy atom. The Morgan fingerprint density at radius 1 is 0.889 bits per heavy atom. The summed E-state index contributed by atoms with van der Waals surface area (Å²) in [5, 5.41) is 3.81. The fourth-order valence-corrected chi connectivity index (χ4v) is 5.17. The standard InChI is InChI=1S/C33H35F2N7O3/c1-41-12-14-42(15-13-41)20-22-6-8-23(9-7-22)38-33-39-31-30(32(40-33)44-17-16-43-2)27(19-36-31)26-11-10-25(18-28(26)34)45-21-24-4-3-5-29(35)37-24/h3-11,18-19H,12-17,20-21H2,1-2H3,(H2,36,38,39,40). The molecule has 2 aromatic carbocycles. The largest absolute Gasteiger partial charge is 0.487 e. The minimum Gasteiger partial charge on any atom is -0.487 e. The molecule has 234 valence electrons. The van der Waals surface area contributed by atoms with Gasteiger partial charge in [0.05, 0.1) is 17.7 Å². The summed E-state index contributed by atoms with van der Waals surface area (Å²) in [6.07, 6.45) is 1.68. The number of hydrogen-bond acceptors (Lipinski definition) is 9. The van der Waals surface area contributed by atoms with E-state index in [1.807, 2.05) is 12.1 Å². The zero-order valence-corrected chi connectivity index (χ0v) is 25.2. The van der Waals surface area contributed by atoms with Crippen molar-refractivity contribution in [2.45, 2.75) is 13.2 Å². The molecule has 0 saturated carbocycles. The molecule has 0 bridgehead atoms. The molecule has 1 aliphatic rings. The fraction of sp³-hybridized carbons (Fsp3) is 0.303. The monoisotopic (exact) mass is 615 g/mol. The van der Waals surface area contributed by atoms with Crippen molar-refractivity contribution in [1.82, 2.24) is 29.7 Å². The highest BCUT2D eigenvalue weighted by Crippen LogP contribution is 2.37. The first-order valence-corrected chi connectivity index (χ1v) is 14.8. The van der Waals surface area contributed by atoms with Gasteiger partial charge in [-0.05, 0) is 49.0 Å². The summed E-state index contributed by atoms with van der Waals surface area (Å²) in [6, 6.07) is 17.2. The van der Waals surface area contributed by atoms with Crippen molar-refractivity contribution in [2.75, 3.05) is 58.9 Å². The molecule has 1 aliphatic heterocycles. The average molecular weight is 616 g/mol. The molecule has 0 radical (unpaired) electrons. The lowest BCUT2D eigenvalue weighted by Gasteiger charge is -2.32. The number of halogens is 2. The number of pyridine rings is 1. The van der Waals surface area contributed by atoms with Gasteiger partial charge >= 0.3 is 0 Å². The summed E-state index contributed by atoms with van der Waals surface area (Å²) in [5.41, 5.74) is 3.81. The molecule has 4 heterocycles. The van der Waals surface area contributed by atoms with E-state index in [1.54, 1.807) is 37.6 Å². The summed E-state index contributed by atoms with van der Waals surface area (Å²) >= 11 is 0. The SMILES string of the molecule is COCCOc1nc(Nc2ccc(CN3CCN(C)CC3)cc2)nc2[nH]cc(-c3ccc(OCc4cccc(F)n4)cc3F)c12. The molecule has 6 rings (SSSR count). The number of methoxy groups -OCH3 is 1. The Labute approximate surface area is 260 Å². The normalized spacial score (nSPS) is 14.1. The molecule has 1 saturated heterocycles. The van der Waals surface area contributed by atoms with Crippen molar-refractivity contribution < 1.29 is 23.0 Å². The van der Waals surface area contributed by atoms with Gasteiger partial charge in [-0.25, -0.2) is 9.37 Å². The van der Waals surface area contributed by atoms with E-state index in [2.05, 4.69) is 54.2 Å². The molecule has 2 N–H and O–H groups in total. The number of ether oxygens (including phenoxy) is 3. The van der Waals surface area contributed by atoms with Crippen molar-refractivity contribution in [3.63, 3.8) is 0 Å². The maximum Gasteiger partial charge on any atom is 0.232 e. The second-order valence-electron chi connectivity index (χ2n) is 10.9. The zero-order valence-electron chi connectivity index (χ0n) is 25.2. The number of aromatic amines is 1. The van der Waals surface area contributed by atoms with Crippen LogP contribution in [0.4, 0.5) is 20.4 Å². The van der Waals surface area contributed by atoms with Gasteiger partial charge in [-0.1, -0.05) is 18.2 Å².